The van der Waals surface area contributed by atoms with Crippen molar-refractivity contribution in [3.05, 3.63) is 46.1 Å². The van der Waals surface area contributed by atoms with Gasteiger partial charge in [0.2, 0.25) is 0 Å². The van der Waals surface area contributed by atoms with Crippen LogP contribution in [0.4, 0.5) is 10.2 Å². The molecule has 0 aliphatic heterocycles. The summed E-state index contributed by atoms with van der Waals surface area (Å²) in [6.07, 6.45) is 7.56. The number of allylic oxidation sites excluding steroid dienone is 2. The lowest BCUT2D eigenvalue weighted by molar-refractivity contribution is 0.384. The van der Waals surface area contributed by atoms with Gasteiger partial charge >= 0.3 is 0 Å². The molecule has 1 heterocycles. The van der Waals surface area contributed by atoms with Gasteiger partial charge in [0.1, 0.15) is 5.82 Å². The summed E-state index contributed by atoms with van der Waals surface area (Å²) in [5.41, 5.74) is 0.911. The highest BCUT2D eigenvalue weighted by Gasteiger charge is 2.14. The highest BCUT2D eigenvalue weighted by atomic mass is 127. The van der Waals surface area contributed by atoms with Crippen molar-refractivity contribution in [3.63, 3.8) is 0 Å². The van der Waals surface area contributed by atoms with Crippen LogP contribution in [-0.4, -0.2) is 23.1 Å². The van der Waals surface area contributed by atoms with Crippen LogP contribution in [0.2, 0.25) is 0 Å². The number of nitrogens with zero attached hydrogens (tertiary/aromatic N) is 2. The van der Waals surface area contributed by atoms with E-state index >= 15 is 0 Å². The van der Waals surface area contributed by atoms with Crippen molar-refractivity contribution >= 4 is 28.4 Å². The minimum Gasteiger partial charge on any atom is -0.361 e. The maximum atomic E-state index is 13.5. The third kappa shape index (κ3) is 4.19. The normalized spacial score (nSPS) is 12.5. The predicted molar refractivity (Wildman–Crippen MR) is 86.5 cm³/mol. The zero-order chi connectivity index (χ0) is 14.4. The van der Waals surface area contributed by atoms with E-state index in [4.69, 9.17) is 0 Å². The molecular weight excluding hydrogens is 356 g/mol. The van der Waals surface area contributed by atoms with Crippen molar-refractivity contribution in [1.29, 1.82) is 0 Å². The quantitative estimate of drug-likeness (QED) is 0.466. The molecular formula is C14H19FIN3. The van der Waals surface area contributed by atoms with E-state index in [1.165, 1.54) is 6.20 Å². The molecule has 0 saturated carbocycles. The number of hydrogen-bond acceptors (Lipinski definition) is 3. The van der Waals surface area contributed by atoms with Crippen molar-refractivity contribution in [1.82, 2.24) is 9.88 Å². The molecule has 1 atom stereocenters. The van der Waals surface area contributed by atoms with Gasteiger partial charge in [-0.3, -0.25) is 0 Å². The minimum atomic E-state index is -0.268. The van der Waals surface area contributed by atoms with Crippen LogP contribution in [0.15, 0.2) is 31.1 Å². The van der Waals surface area contributed by atoms with Crippen LogP contribution in [-0.2, 0) is 6.42 Å². The van der Waals surface area contributed by atoms with Crippen LogP contribution < -0.4 is 5.32 Å². The van der Waals surface area contributed by atoms with Gasteiger partial charge in [-0.15, -0.1) is 0 Å². The third-order valence-electron chi connectivity index (χ3n) is 2.83. The summed E-state index contributed by atoms with van der Waals surface area (Å²) in [7, 11) is 1.96. The first kappa shape index (κ1) is 15.9. The lowest BCUT2D eigenvalue weighted by Crippen LogP contribution is -2.32. The van der Waals surface area contributed by atoms with Crippen molar-refractivity contribution in [3.8, 4) is 0 Å². The van der Waals surface area contributed by atoms with Crippen molar-refractivity contribution in [2.75, 3.05) is 12.4 Å². The van der Waals surface area contributed by atoms with Crippen molar-refractivity contribution in [2.45, 2.75) is 26.4 Å². The van der Waals surface area contributed by atoms with E-state index in [0.717, 1.165) is 17.8 Å². The first-order valence-electron chi connectivity index (χ1n) is 6.11. The molecule has 0 radical (unpaired) electrons. The van der Waals surface area contributed by atoms with Crippen molar-refractivity contribution < 1.29 is 4.39 Å². The van der Waals surface area contributed by atoms with E-state index in [0.29, 0.717) is 3.57 Å². The summed E-state index contributed by atoms with van der Waals surface area (Å²) >= 11 is 2.02. The van der Waals surface area contributed by atoms with Gasteiger partial charge in [-0.1, -0.05) is 19.6 Å². The fourth-order valence-corrected chi connectivity index (χ4v) is 2.35. The fourth-order valence-electron chi connectivity index (χ4n) is 1.58. The molecule has 0 amide bonds. The molecule has 0 bridgehead atoms. The van der Waals surface area contributed by atoms with Crippen LogP contribution in [0.1, 0.15) is 19.4 Å². The molecule has 1 aromatic heterocycles. The minimum absolute atomic E-state index is 0.0512. The molecule has 1 aromatic rings. The third-order valence-corrected chi connectivity index (χ3v) is 4.00. The van der Waals surface area contributed by atoms with E-state index in [1.807, 2.05) is 60.7 Å². The zero-order valence-electron chi connectivity index (χ0n) is 11.5. The Morgan fingerprint density at radius 3 is 2.89 bits per heavy atom. The Balaban J connectivity index is 2.90. The van der Waals surface area contributed by atoms with E-state index in [2.05, 4.69) is 16.9 Å². The summed E-state index contributed by atoms with van der Waals surface area (Å²) in [6.45, 7) is 7.65. The Morgan fingerprint density at radius 1 is 1.63 bits per heavy atom. The number of nitrogens with one attached hydrogen (secondary N) is 1. The van der Waals surface area contributed by atoms with E-state index in [-0.39, 0.29) is 12.0 Å². The summed E-state index contributed by atoms with van der Waals surface area (Å²) < 4.78 is 14.1. The van der Waals surface area contributed by atoms with Gasteiger partial charge in [-0.25, -0.2) is 9.37 Å². The van der Waals surface area contributed by atoms with Crippen molar-refractivity contribution in [2.24, 2.45) is 0 Å². The van der Waals surface area contributed by atoms with E-state index in [1.54, 1.807) is 6.08 Å². The second-order valence-corrected chi connectivity index (χ2v) is 5.24. The van der Waals surface area contributed by atoms with Gasteiger partial charge in [0.25, 0.3) is 0 Å². The van der Waals surface area contributed by atoms with Crippen LogP contribution in [0.3, 0.4) is 0 Å². The molecule has 19 heavy (non-hydrogen) atoms. The maximum absolute atomic E-state index is 13.5. The molecule has 5 heteroatoms. The molecule has 0 aliphatic carbocycles. The number of halogens is 2. The predicted octanol–water partition coefficient (Wildman–Crippen LogP) is 3.78. The first-order valence-corrected chi connectivity index (χ1v) is 7.19. The van der Waals surface area contributed by atoms with Gasteiger partial charge in [0.05, 0.1) is 15.9 Å². The first-order chi connectivity index (χ1) is 9.01. The Kier molecular flexibility index (Phi) is 6.27. The second kappa shape index (κ2) is 7.47. The molecule has 1 unspecified atom stereocenters. The summed E-state index contributed by atoms with van der Waals surface area (Å²) in [6, 6.07) is 0. The Hall–Kier alpha value is -1.11. The van der Waals surface area contributed by atoms with Crippen LogP contribution in [0, 0.1) is 9.39 Å². The highest BCUT2D eigenvalue weighted by Crippen LogP contribution is 2.23. The maximum Gasteiger partial charge on any atom is 0.155 e. The molecule has 0 aliphatic rings. The largest absolute Gasteiger partial charge is 0.361 e. The lowest BCUT2D eigenvalue weighted by Gasteiger charge is -2.25. The SMILES string of the molecule is C=C/C=C\N(C)C(C)Nc1ncc(F)c(I)c1CC. The number of anilines is 1. The summed E-state index contributed by atoms with van der Waals surface area (Å²) in [4.78, 5) is 6.15. The Labute approximate surface area is 127 Å². The van der Waals surface area contributed by atoms with Crippen LogP contribution in [0.5, 0.6) is 0 Å². The monoisotopic (exact) mass is 375 g/mol. The molecule has 104 valence electrons. The Morgan fingerprint density at radius 2 is 2.32 bits per heavy atom. The topological polar surface area (TPSA) is 28.2 Å². The van der Waals surface area contributed by atoms with Gasteiger partial charge < -0.3 is 10.2 Å². The molecule has 1 rings (SSSR count). The van der Waals surface area contributed by atoms with Crippen LogP contribution >= 0.6 is 22.6 Å². The second-order valence-electron chi connectivity index (χ2n) is 4.16. The fraction of sp³-hybridized carbons (Fsp3) is 0.357. The number of rotatable bonds is 6. The van der Waals surface area contributed by atoms with E-state index < -0.39 is 0 Å². The Bertz CT molecular complexity index is 474. The highest BCUT2D eigenvalue weighted by molar-refractivity contribution is 14.1. The molecule has 0 saturated heterocycles. The molecule has 0 spiro atoms. The molecule has 0 aromatic carbocycles. The molecule has 0 fully saturated rings. The summed E-state index contributed by atoms with van der Waals surface area (Å²) in [5, 5.41) is 3.30. The smallest absolute Gasteiger partial charge is 0.155 e. The molecule has 3 nitrogen and oxygen atoms in total. The molecule has 1 N–H and O–H groups in total. The summed E-state index contributed by atoms with van der Waals surface area (Å²) in [5.74, 6) is 0.468. The lowest BCUT2D eigenvalue weighted by atomic mass is 10.2. The zero-order valence-corrected chi connectivity index (χ0v) is 13.6. The van der Waals surface area contributed by atoms with Crippen LogP contribution in [0.25, 0.3) is 0 Å². The number of pyridine rings is 1. The van der Waals surface area contributed by atoms with Gasteiger partial charge in [-0.2, -0.15) is 0 Å². The standard InChI is InChI=1S/C14H19FIN3/c1-5-7-8-19(4)10(3)18-14-11(6-2)13(16)12(15)9-17-14/h5,7-10H,1,6H2,2-4H3,(H,17,18)/b8-7-. The van der Waals surface area contributed by atoms with Gasteiger partial charge in [-0.05, 0) is 42.0 Å². The number of aromatic nitrogens is 1. The van der Waals surface area contributed by atoms with Gasteiger partial charge in [0, 0.05) is 18.8 Å². The van der Waals surface area contributed by atoms with E-state index in [9.17, 15) is 4.39 Å². The van der Waals surface area contributed by atoms with Gasteiger partial charge in [0.15, 0.2) is 5.82 Å². The number of hydrogen-bond donors (Lipinski definition) is 1. The average Bonchev–Trinajstić information content (AvgIpc) is 2.40. The average molecular weight is 375 g/mol.